The molecule has 4 aromatic rings. The van der Waals surface area contributed by atoms with Crippen molar-refractivity contribution < 1.29 is 27.8 Å². The third-order valence-electron chi connectivity index (χ3n) is 8.90. The lowest BCUT2D eigenvalue weighted by Gasteiger charge is -2.31. The summed E-state index contributed by atoms with van der Waals surface area (Å²) in [5.74, 6) is -0.800. The first kappa shape index (κ1) is 27.2. The first-order valence-electron chi connectivity index (χ1n) is 14.5. The summed E-state index contributed by atoms with van der Waals surface area (Å²) in [7, 11) is 0. The smallest absolute Gasteiger partial charge is 0.319 e. The summed E-state index contributed by atoms with van der Waals surface area (Å²) in [4.78, 5) is 17.7. The molecule has 5 heterocycles. The Bertz CT molecular complexity index is 1680. The largest absolute Gasteiger partial charge is 0.508 e. The van der Waals surface area contributed by atoms with Crippen LogP contribution in [0.1, 0.15) is 38.2 Å². The minimum Gasteiger partial charge on any atom is -0.508 e. The molecule has 0 spiro atoms. The van der Waals surface area contributed by atoms with Crippen LogP contribution in [0.25, 0.3) is 32.9 Å². The number of phenols is 1. The zero-order valence-corrected chi connectivity index (χ0v) is 23.4. The molecule has 3 aliphatic rings. The maximum Gasteiger partial charge on any atom is 0.319 e. The number of phenolic OH excluding ortho intramolecular Hbond substituents is 1. The summed E-state index contributed by atoms with van der Waals surface area (Å²) >= 11 is 0. The molecule has 2 atom stereocenters. The number of fused-ring (bicyclic) bond motifs is 3. The van der Waals surface area contributed by atoms with E-state index in [9.17, 15) is 13.9 Å². The summed E-state index contributed by atoms with van der Waals surface area (Å²) in [6.07, 6.45) is 3.90. The van der Waals surface area contributed by atoms with Crippen molar-refractivity contribution in [3.05, 3.63) is 47.7 Å². The van der Waals surface area contributed by atoms with E-state index in [4.69, 9.17) is 9.47 Å². The van der Waals surface area contributed by atoms with Crippen molar-refractivity contribution in [1.82, 2.24) is 19.9 Å². The number of aromatic nitrogens is 3. The number of nitrogens with zero attached hydrogens (tertiary/aromatic N) is 5. The average molecular weight is 580 g/mol. The molecular weight excluding hydrogens is 547 g/mol. The second-order valence-corrected chi connectivity index (χ2v) is 11.5. The van der Waals surface area contributed by atoms with E-state index < -0.39 is 23.3 Å². The second-order valence-electron chi connectivity index (χ2n) is 11.5. The Morgan fingerprint density at radius 2 is 2.05 bits per heavy atom. The van der Waals surface area contributed by atoms with Crippen LogP contribution >= 0.6 is 0 Å². The van der Waals surface area contributed by atoms with E-state index in [1.54, 1.807) is 6.07 Å². The number of ether oxygens (including phenoxy) is 2. The predicted octanol–water partition coefficient (Wildman–Crippen LogP) is 5.53. The second kappa shape index (κ2) is 10.5. The Balaban J connectivity index is 1.37. The van der Waals surface area contributed by atoms with Gasteiger partial charge in [0.05, 0.1) is 17.5 Å². The van der Waals surface area contributed by atoms with E-state index in [0.29, 0.717) is 60.1 Å². The molecule has 0 aliphatic carbocycles. The van der Waals surface area contributed by atoms with E-state index in [0.717, 1.165) is 25.8 Å². The molecule has 3 fully saturated rings. The molecule has 42 heavy (non-hydrogen) atoms. The molecule has 2 aromatic carbocycles. The predicted molar refractivity (Wildman–Crippen MR) is 153 cm³/mol. The highest BCUT2D eigenvalue weighted by Gasteiger charge is 2.49. The van der Waals surface area contributed by atoms with Crippen molar-refractivity contribution >= 4 is 27.5 Å². The molecule has 0 bridgehead atoms. The zero-order valence-electron chi connectivity index (χ0n) is 23.4. The number of aryl methyl sites for hydroxylation is 1. The maximum absolute atomic E-state index is 16.6. The number of aromatic hydroxyl groups is 1. The highest BCUT2D eigenvalue weighted by atomic mass is 19.1. The lowest BCUT2D eigenvalue weighted by atomic mass is 9.94. The first-order chi connectivity index (χ1) is 20.4. The molecule has 220 valence electrons. The maximum atomic E-state index is 16.6. The van der Waals surface area contributed by atoms with Gasteiger partial charge in [-0.25, -0.2) is 13.2 Å². The first-order valence-corrected chi connectivity index (χ1v) is 14.5. The number of anilines is 1. The highest BCUT2D eigenvalue weighted by molar-refractivity contribution is 6.01. The van der Waals surface area contributed by atoms with Crippen LogP contribution in [0.15, 0.2) is 30.5 Å². The minimum atomic E-state index is -0.909. The van der Waals surface area contributed by atoms with Gasteiger partial charge < -0.3 is 19.5 Å². The fourth-order valence-corrected chi connectivity index (χ4v) is 6.96. The third-order valence-corrected chi connectivity index (χ3v) is 8.90. The molecule has 0 amide bonds. The number of benzene rings is 2. The van der Waals surface area contributed by atoms with Gasteiger partial charge in [0.15, 0.2) is 5.82 Å². The SMILES string of the molecule is CCc1c(F)ccc2cc(O)cc(-c3ncc4c(N5CCCOC5)nc(OCC56CCCN5C[C@H](F)C6)nc4c3F)c12. The molecule has 7 rings (SSSR count). The van der Waals surface area contributed by atoms with Gasteiger partial charge in [0.2, 0.25) is 0 Å². The van der Waals surface area contributed by atoms with E-state index in [-0.39, 0.29) is 41.9 Å². The van der Waals surface area contributed by atoms with Gasteiger partial charge in [0, 0.05) is 31.3 Å². The standard InChI is InChI=1S/C31H32F3N5O3/c1-2-21-24(33)6-5-18-11-20(40)12-22(25(18)21)27-26(34)28-23(14-35-27)29(38-8-4-10-41-17-38)37-30(36-28)42-16-31-7-3-9-39(31)15-19(32)13-31/h5-6,11-12,14,19,40H,2-4,7-10,13,15-17H2,1H3/t19-,31?/m1/s1. The molecule has 2 aromatic heterocycles. The van der Waals surface area contributed by atoms with Crippen molar-refractivity contribution in [3.8, 4) is 23.0 Å². The Morgan fingerprint density at radius 3 is 2.86 bits per heavy atom. The van der Waals surface area contributed by atoms with E-state index >= 15 is 4.39 Å². The van der Waals surface area contributed by atoms with Gasteiger partial charge in [0.1, 0.15) is 48.1 Å². The number of hydrogen-bond donors (Lipinski definition) is 1. The summed E-state index contributed by atoms with van der Waals surface area (Å²) < 4.78 is 57.6. The Labute approximate surface area is 241 Å². The van der Waals surface area contributed by atoms with E-state index in [1.807, 2.05) is 11.8 Å². The highest BCUT2D eigenvalue weighted by Crippen LogP contribution is 2.42. The lowest BCUT2D eigenvalue weighted by Crippen LogP contribution is -2.43. The van der Waals surface area contributed by atoms with Gasteiger partial charge in [-0.2, -0.15) is 9.97 Å². The zero-order chi connectivity index (χ0) is 29.0. The van der Waals surface area contributed by atoms with Crippen molar-refractivity contribution in [2.24, 2.45) is 0 Å². The Hall–Kier alpha value is -3.70. The molecule has 3 saturated heterocycles. The van der Waals surface area contributed by atoms with Crippen molar-refractivity contribution in [2.75, 3.05) is 44.5 Å². The van der Waals surface area contributed by atoms with Crippen LogP contribution in [0, 0.1) is 11.6 Å². The third kappa shape index (κ3) is 4.50. The number of rotatable bonds is 6. The Morgan fingerprint density at radius 1 is 1.17 bits per heavy atom. The van der Waals surface area contributed by atoms with Gasteiger partial charge >= 0.3 is 6.01 Å². The van der Waals surface area contributed by atoms with Gasteiger partial charge in [-0.1, -0.05) is 13.0 Å². The van der Waals surface area contributed by atoms with Crippen LogP contribution in [-0.4, -0.2) is 76.2 Å². The molecule has 1 unspecified atom stereocenters. The van der Waals surface area contributed by atoms with E-state index in [1.165, 1.54) is 24.4 Å². The molecular formula is C31H32F3N5O3. The summed E-state index contributed by atoms with van der Waals surface area (Å²) in [5, 5.41) is 11.9. The van der Waals surface area contributed by atoms with Crippen LogP contribution in [0.2, 0.25) is 0 Å². The van der Waals surface area contributed by atoms with Crippen molar-refractivity contribution in [2.45, 2.75) is 50.7 Å². The normalized spacial score (nSPS) is 22.8. The van der Waals surface area contributed by atoms with Crippen LogP contribution in [0.3, 0.4) is 0 Å². The number of hydrogen-bond acceptors (Lipinski definition) is 8. The number of halogens is 3. The van der Waals surface area contributed by atoms with Gasteiger partial charge in [-0.05, 0) is 66.8 Å². The van der Waals surface area contributed by atoms with Gasteiger partial charge in [-0.3, -0.25) is 9.88 Å². The fourth-order valence-electron chi connectivity index (χ4n) is 6.96. The van der Waals surface area contributed by atoms with E-state index in [2.05, 4.69) is 19.9 Å². The van der Waals surface area contributed by atoms with Gasteiger partial charge in [0.25, 0.3) is 0 Å². The van der Waals surface area contributed by atoms with Crippen molar-refractivity contribution in [3.63, 3.8) is 0 Å². The molecule has 1 N–H and O–H groups in total. The summed E-state index contributed by atoms with van der Waals surface area (Å²) in [6.45, 7) is 4.76. The Kier molecular flexibility index (Phi) is 6.81. The number of alkyl halides is 1. The van der Waals surface area contributed by atoms with Crippen LogP contribution in [0.5, 0.6) is 11.8 Å². The monoisotopic (exact) mass is 579 g/mol. The van der Waals surface area contributed by atoms with Crippen molar-refractivity contribution in [1.29, 1.82) is 0 Å². The topological polar surface area (TPSA) is 83.8 Å². The molecule has 0 radical (unpaired) electrons. The summed E-state index contributed by atoms with van der Waals surface area (Å²) in [6, 6.07) is 5.82. The van der Waals surface area contributed by atoms with Crippen LogP contribution < -0.4 is 9.64 Å². The lowest BCUT2D eigenvalue weighted by molar-refractivity contribution is 0.104. The average Bonchev–Trinajstić information content (AvgIpc) is 3.52. The molecule has 0 saturated carbocycles. The number of pyridine rings is 1. The molecule has 11 heteroatoms. The molecule has 8 nitrogen and oxygen atoms in total. The summed E-state index contributed by atoms with van der Waals surface area (Å²) in [5.41, 5.74) is 0.183. The van der Waals surface area contributed by atoms with Gasteiger partial charge in [-0.15, -0.1) is 0 Å². The van der Waals surface area contributed by atoms with Crippen LogP contribution in [0.4, 0.5) is 19.0 Å². The minimum absolute atomic E-state index is 0.00733. The fraction of sp³-hybridized carbons (Fsp3) is 0.452. The molecule has 3 aliphatic heterocycles. The quantitative estimate of drug-likeness (QED) is 0.319. The van der Waals surface area contributed by atoms with Crippen LogP contribution in [-0.2, 0) is 11.2 Å².